The first-order valence-corrected chi connectivity index (χ1v) is 4.67. The quantitative estimate of drug-likeness (QED) is 0.501. The Morgan fingerprint density at radius 3 is 2.94 bits per heavy atom. The second-order valence-electron chi connectivity index (χ2n) is 3.06. The predicted molar refractivity (Wildman–Crippen MR) is 57.3 cm³/mol. The molecule has 0 bridgehead atoms. The van der Waals surface area contributed by atoms with Gasteiger partial charge in [-0.3, -0.25) is 4.79 Å². The lowest BCUT2D eigenvalue weighted by molar-refractivity contribution is -0.120. The molecule has 88 valence electrons. The number of hydrogen-bond donors (Lipinski definition) is 3. The van der Waals surface area contributed by atoms with Crippen molar-refractivity contribution in [3.05, 3.63) is 24.0 Å². The van der Waals surface area contributed by atoms with Crippen LogP contribution in [0.5, 0.6) is 0 Å². The molecule has 0 aliphatic carbocycles. The van der Waals surface area contributed by atoms with Crippen LogP contribution in [0.25, 0.3) is 0 Å². The average Bonchev–Trinajstić information content (AvgIpc) is 2.23. The molecule has 6 heteroatoms. The summed E-state index contributed by atoms with van der Waals surface area (Å²) in [5.74, 6) is -0.876. The van der Waals surface area contributed by atoms with Gasteiger partial charge in [0.1, 0.15) is 12.4 Å². The Kier molecular flexibility index (Phi) is 4.68. The standard InChI is InChI=1S/C10H13FN2O3/c11-7-1-2-9(8(12)5-7)13-10(15)6-16-4-3-14/h1-2,5,14H,3-4,6,12H2,(H,13,15). The molecule has 0 aliphatic heterocycles. The number of hydrogen-bond acceptors (Lipinski definition) is 4. The van der Waals surface area contributed by atoms with E-state index in [4.69, 9.17) is 15.6 Å². The van der Waals surface area contributed by atoms with Gasteiger partial charge in [-0.05, 0) is 18.2 Å². The van der Waals surface area contributed by atoms with Crippen molar-refractivity contribution < 1.29 is 19.0 Å². The Bertz CT molecular complexity index is 371. The van der Waals surface area contributed by atoms with E-state index in [-0.39, 0.29) is 25.5 Å². The zero-order valence-corrected chi connectivity index (χ0v) is 8.57. The van der Waals surface area contributed by atoms with Crippen LogP contribution in [0.1, 0.15) is 0 Å². The third kappa shape index (κ3) is 3.84. The minimum Gasteiger partial charge on any atom is -0.397 e. The number of carbonyl (C=O) groups excluding carboxylic acids is 1. The van der Waals surface area contributed by atoms with Crippen molar-refractivity contribution in [1.82, 2.24) is 0 Å². The molecular formula is C10H13FN2O3. The highest BCUT2D eigenvalue weighted by atomic mass is 19.1. The fraction of sp³-hybridized carbons (Fsp3) is 0.300. The lowest BCUT2D eigenvalue weighted by Gasteiger charge is -2.08. The van der Waals surface area contributed by atoms with Crippen molar-refractivity contribution >= 4 is 17.3 Å². The van der Waals surface area contributed by atoms with E-state index in [2.05, 4.69) is 5.32 Å². The highest BCUT2D eigenvalue weighted by Gasteiger charge is 2.05. The monoisotopic (exact) mass is 228 g/mol. The minimum atomic E-state index is -0.466. The van der Waals surface area contributed by atoms with E-state index in [0.717, 1.165) is 6.07 Å². The van der Waals surface area contributed by atoms with E-state index < -0.39 is 11.7 Å². The normalized spacial score (nSPS) is 10.1. The molecule has 1 aromatic rings. The van der Waals surface area contributed by atoms with Crippen molar-refractivity contribution in [2.75, 3.05) is 30.9 Å². The van der Waals surface area contributed by atoms with Gasteiger partial charge in [0.05, 0.1) is 24.6 Å². The number of halogens is 1. The number of aliphatic hydroxyl groups excluding tert-OH is 1. The molecule has 4 N–H and O–H groups in total. The molecule has 0 aromatic heterocycles. The number of aliphatic hydroxyl groups is 1. The van der Waals surface area contributed by atoms with E-state index in [1.165, 1.54) is 12.1 Å². The number of carbonyl (C=O) groups is 1. The summed E-state index contributed by atoms with van der Waals surface area (Å²) >= 11 is 0. The third-order valence-corrected chi connectivity index (χ3v) is 1.76. The van der Waals surface area contributed by atoms with Gasteiger partial charge < -0.3 is 20.9 Å². The summed E-state index contributed by atoms with van der Waals surface area (Å²) in [6, 6.07) is 3.68. The number of benzene rings is 1. The summed E-state index contributed by atoms with van der Waals surface area (Å²) in [6.07, 6.45) is 0. The molecule has 0 spiro atoms. The Morgan fingerprint density at radius 2 is 2.31 bits per heavy atom. The second-order valence-corrected chi connectivity index (χ2v) is 3.06. The zero-order chi connectivity index (χ0) is 12.0. The molecule has 0 aliphatic rings. The van der Waals surface area contributed by atoms with Crippen LogP contribution in [0.4, 0.5) is 15.8 Å². The molecule has 0 fully saturated rings. The first-order valence-electron chi connectivity index (χ1n) is 4.67. The average molecular weight is 228 g/mol. The van der Waals surface area contributed by atoms with Crippen LogP contribution >= 0.6 is 0 Å². The number of anilines is 2. The van der Waals surface area contributed by atoms with E-state index in [0.29, 0.717) is 5.69 Å². The van der Waals surface area contributed by atoms with Gasteiger partial charge in [0.2, 0.25) is 5.91 Å². The van der Waals surface area contributed by atoms with Crippen LogP contribution < -0.4 is 11.1 Å². The molecule has 0 atom stereocenters. The summed E-state index contributed by atoms with van der Waals surface area (Å²) in [5, 5.41) is 10.9. The van der Waals surface area contributed by atoms with Gasteiger partial charge >= 0.3 is 0 Å². The summed E-state index contributed by atoms with van der Waals surface area (Å²) in [4.78, 5) is 11.3. The number of ether oxygens (including phenoxy) is 1. The van der Waals surface area contributed by atoms with Crippen LogP contribution in [-0.4, -0.2) is 30.8 Å². The van der Waals surface area contributed by atoms with E-state index in [9.17, 15) is 9.18 Å². The third-order valence-electron chi connectivity index (χ3n) is 1.76. The smallest absolute Gasteiger partial charge is 0.250 e. The summed E-state index contributed by atoms with van der Waals surface area (Å²) in [7, 11) is 0. The summed E-state index contributed by atoms with van der Waals surface area (Å²) in [5.41, 5.74) is 5.97. The van der Waals surface area contributed by atoms with Gasteiger partial charge in [0, 0.05) is 0 Å². The SMILES string of the molecule is Nc1cc(F)ccc1NC(=O)COCCO. The minimum absolute atomic E-state index is 0.0896. The number of nitrogen functional groups attached to an aromatic ring is 1. The lowest BCUT2D eigenvalue weighted by Crippen LogP contribution is -2.20. The van der Waals surface area contributed by atoms with Crippen molar-refractivity contribution in [2.24, 2.45) is 0 Å². The van der Waals surface area contributed by atoms with Crippen molar-refractivity contribution in [1.29, 1.82) is 0 Å². The molecule has 0 unspecified atom stereocenters. The van der Waals surface area contributed by atoms with Gasteiger partial charge in [0.25, 0.3) is 0 Å². The molecule has 1 rings (SSSR count). The fourth-order valence-corrected chi connectivity index (χ4v) is 1.06. The van der Waals surface area contributed by atoms with Crippen LogP contribution in [0.2, 0.25) is 0 Å². The van der Waals surface area contributed by atoms with E-state index >= 15 is 0 Å². The zero-order valence-electron chi connectivity index (χ0n) is 8.57. The number of nitrogens with one attached hydrogen (secondary N) is 1. The highest BCUT2D eigenvalue weighted by Crippen LogP contribution is 2.18. The maximum Gasteiger partial charge on any atom is 0.250 e. The number of amides is 1. The molecule has 16 heavy (non-hydrogen) atoms. The largest absolute Gasteiger partial charge is 0.397 e. The molecule has 0 saturated carbocycles. The van der Waals surface area contributed by atoms with Crippen LogP contribution in [-0.2, 0) is 9.53 Å². The van der Waals surface area contributed by atoms with Gasteiger partial charge in [-0.25, -0.2) is 4.39 Å². The maximum absolute atomic E-state index is 12.7. The Hall–Kier alpha value is -1.66. The molecule has 1 aromatic carbocycles. The Labute approximate surface area is 92.0 Å². The Morgan fingerprint density at radius 1 is 1.56 bits per heavy atom. The molecule has 1 amide bonds. The lowest BCUT2D eigenvalue weighted by atomic mass is 10.2. The number of nitrogens with two attached hydrogens (primary N) is 1. The molecule has 0 heterocycles. The first-order chi connectivity index (χ1) is 7.63. The van der Waals surface area contributed by atoms with Crippen molar-refractivity contribution in [2.45, 2.75) is 0 Å². The number of rotatable bonds is 5. The van der Waals surface area contributed by atoms with E-state index in [1.54, 1.807) is 0 Å². The van der Waals surface area contributed by atoms with Gasteiger partial charge in [-0.1, -0.05) is 0 Å². The molecule has 5 nitrogen and oxygen atoms in total. The predicted octanol–water partition coefficient (Wildman–Crippen LogP) is 0.355. The fourth-order valence-electron chi connectivity index (χ4n) is 1.06. The summed E-state index contributed by atoms with van der Waals surface area (Å²) < 4.78 is 17.5. The highest BCUT2D eigenvalue weighted by molar-refractivity contribution is 5.94. The molecular weight excluding hydrogens is 215 g/mol. The molecule has 0 saturated heterocycles. The van der Waals surface area contributed by atoms with Gasteiger partial charge in [0.15, 0.2) is 0 Å². The molecule has 0 radical (unpaired) electrons. The maximum atomic E-state index is 12.7. The second kappa shape index (κ2) is 6.04. The summed E-state index contributed by atoms with van der Waals surface area (Å²) in [6.45, 7) is -0.240. The van der Waals surface area contributed by atoms with Crippen LogP contribution in [0.15, 0.2) is 18.2 Å². The topological polar surface area (TPSA) is 84.6 Å². The van der Waals surface area contributed by atoms with Gasteiger partial charge in [-0.2, -0.15) is 0 Å². The van der Waals surface area contributed by atoms with Crippen molar-refractivity contribution in [3.8, 4) is 0 Å². The van der Waals surface area contributed by atoms with Crippen LogP contribution in [0.3, 0.4) is 0 Å². The van der Waals surface area contributed by atoms with Crippen LogP contribution in [0, 0.1) is 5.82 Å². The Balaban J connectivity index is 2.49. The van der Waals surface area contributed by atoms with Crippen molar-refractivity contribution in [3.63, 3.8) is 0 Å². The van der Waals surface area contributed by atoms with E-state index in [1.807, 2.05) is 0 Å². The first kappa shape index (κ1) is 12.4. The van der Waals surface area contributed by atoms with Gasteiger partial charge in [-0.15, -0.1) is 0 Å².